The molecule has 39 heavy (non-hydrogen) atoms. The molecule has 2 aromatic heterocycles. The number of hydrogen-bond acceptors (Lipinski definition) is 5. The molecule has 0 atom stereocenters. The van der Waals surface area contributed by atoms with E-state index in [1.807, 2.05) is 24.3 Å². The number of pyridine rings is 1. The molecule has 0 radical (unpaired) electrons. The van der Waals surface area contributed by atoms with Gasteiger partial charge in [-0.3, -0.25) is 4.79 Å². The molecule has 2 N–H and O–H groups in total. The number of anilines is 1. The normalized spacial score (nSPS) is 11.7. The molecule has 0 bridgehead atoms. The van der Waals surface area contributed by atoms with Crippen molar-refractivity contribution in [1.29, 1.82) is 0 Å². The summed E-state index contributed by atoms with van der Waals surface area (Å²) in [6.45, 7) is 5.02. The van der Waals surface area contributed by atoms with E-state index in [-0.39, 0.29) is 10.5 Å². The van der Waals surface area contributed by atoms with E-state index in [0.29, 0.717) is 46.0 Å². The lowest BCUT2D eigenvalue weighted by Crippen LogP contribution is -2.16. The molecule has 2 heterocycles. The number of rotatable bonds is 8. The Bertz CT molecular complexity index is 1820. The smallest absolute Gasteiger partial charge is 0.274 e. The molecule has 5 rings (SSSR count). The molecule has 200 valence electrons. The van der Waals surface area contributed by atoms with Crippen LogP contribution in [0.3, 0.4) is 0 Å². The van der Waals surface area contributed by atoms with Gasteiger partial charge in [-0.2, -0.15) is 0 Å². The largest absolute Gasteiger partial charge is 0.457 e. The highest BCUT2D eigenvalue weighted by Crippen LogP contribution is 2.38. The van der Waals surface area contributed by atoms with Crippen molar-refractivity contribution in [1.82, 2.24) is 9.55 Å². The number of nitrogens with zero attached hydrogens (tertiary/aromatic N) is 1. The molecule has 0 saturated heterocycles. The van der Waals surface area contributed by atoms with Crippen molar-refractivity contribution in [3.05, 3.63) is 107 Å². The molecule has 0 saturated carbocycles. The lowest BCUT2D eigenvalue weighted by atomic mass is 10.0. The van der Waals surface area contributed by atoms with Gasteiger partial charge in [-0.25, -0.2) is 8.42 Å². The molecule has 0 unspecified atom stereocenters. The van der Waals surface area contributed by atoms with Crippen LogP contribution < -0.4 is 15.6 Å². The van der Waals surface area contributed by atoms with Crippen molar-refractivity contribution in [2.24, 2.45) is 7.05 Å². The molecule has 0 amide bonds. The minimum absolute atomic E-state index is 0.168. The number of benzene rings is 3. The number of fused-ring (bicyclic) bond motifs is 1. The average molecular weight is 542 g/mol. The highest BCUT2D eigenvalue weighted by molar-refractivity contribution is 7.90. The Balaban J connectivity index is 1.48. The second-order valence-corrected chi connectivity index (χ2v) is 12.1. The molecular weight excluding hydrogens is 510 g/mol. The van der Waals surface area contributed by atoms with Crippen molar-refractivity contribution in [3.8, 4) is 22.6 Å². The number of aromatic nitrogens is 2. The van der Waals surface area contributed by atoms with Crippen molar-refractivity contribution in [2.45, 2.75) is 31.2 Å². The number of H-pyrrole nitrogens is 1. The lowest BCUT2D eigenvalue weighted by molar-refractivity contribution is 0.484. The first kappa shape index (κ1) is 26.3. The predicted octanol–water partition coefficient (Wildman–Crippen LogP) is 6.46. The summed E-state index contributed by atoms with van der Waals surface area (Å²) in [5.41, 5.74) is 4.91. The SMILES string of the molecule is CC(C)c1ccc(CNc2cccc(Oc3ccc(S(C)(=O)=O)cc3-c3cn(C)c(=O)c4[nH]ccc34)c2)cc1. The highest BCUT2D eigenvalue weighted by atomic mass is 32.2. The summed E-state index contributed by atoms with van der Waals surface area (Å²) in [5.74, 6) is 1.56. The van der Waals surface area contributed by atoms with Gasteiger partial charge in [0.1, 0.15) is 17.0 Å². The molecule has 7 nitrogen and oxygen atoms in total. The van der Waals surface area contributed by atoms with Crippen LogP contribution in [0.2, 0.25) is 0 Å². The van der Waals surface area contributed by atoms with E-state index in [0.717, 1.165) is 5.69 Å². The van der Waals surface area contributed by atoms with E-state index >= 15 is 0 Å². The second kappa shape index (κ2) is 10.5. The summed E-state index contributed by atoms with van der Waals surface area (Å²) in [6.07, 6.45) is 4.57. The quantitative estimate of drug-likeness (QED) is 0.235. The van der Waals surface area contributed by atoms with E-state index in [1.54, 1.807) is 37.6 Å². The second-order valence-electron chi connectivity index (χ2n) is 10.0. The van der Waals surface area contributed by atoms with Crippen LogP contribution in [0.25, 0.3) is 22.0 Å². The van der Waals surface area contributed by atoms with Crippen LogP contribution in [0, 0.1) is 0 Å². The zero-order valence-corrected chi connectivity index (χ0v) is 23.2. The average Bonchev–Trinajstić information content (AvgIpc) is 3.40. The number of ether oxygens (including phenoxy) is 1. The number of hydrogen-bond donors (Lipinski definition) is 2. The Hall–Kier alpha value is -4.30. The summed E-state index contributed by atoms with van der Waals surface area (Å²) in [4.78, 5) is 15.8. The summed E-state index contributed by atoms with van der Waals surface area (Å²) in [5, 5.41) is 4.13. The number of aromatic amines is 1. The summed E-state index contributed by atoms with van der Waals surface area (Å²) < 4.78 is 32.6. The first-order chi connectivity index (χ1) is 18.6. The Morgan fingerprint density at radius 3 is 2.46 bits per heavy atom. The monoisotopic (exact) mass is 541 g/mol. The first-order valence-corrected chi connectivity index (χ1v) is 14.6. The molecule has 0 aliphatic heterocycles. The van der Waals surface area contributed by atoms with E-state index in [4.69, 9.17) is 4.74 Å². The van der Waals surface area contributed by atoms with Gasteiger partial charge in [-0.15, -0.1) is 0 Å². The summed E-state index contributed by atoms with van der Waals surface area (Å²) >= 11 is 0. The first-order valence-electron chi connectivity index (χ1n) is 12.7. The van der Waals surface area contributed by atoms with Gasteiger partial charge in [0.2, 0.25) is 0 Å². The van der Waals surface area contributed by atoms with Gasteiger partial charge in [-0.05, 0) is 53.4 Å². The Labute approximate surface area is 228 Å². The third-order valence-corrected chi connectivity index (χ3v) is 7.88. The maximum atomic E-state index is 12.6. The maximum absolute atomic E-state index is 12.6. The van der Waals surface area contributed by atoms with E-state index in [9.17, 15) is 13.2 Å². The van der Waals surface area contributed by atoms with Crippen molar-refractivity contribution < 1.29 is 13.2 Å². The third-order valence-electron chi connectivity index (χ3n) is 6.77. The van der Waals surface area contributed by atoms with E-state index < -0.39 is 9.84 Å². The van der Waals surface area contributed by atoms with E-state index in [1.165, 1.54) is 28.0 Å². The zero-order valence-electron chi connectivity index (χ0n) is 22.4. The fourth-order valence-electron chi connectivity index (χ4n) is 4.54. The van der Waals surface area contributed by atoms with Crippen LogP contribution >= 0.6 is 0 Å². The van der Waals surface area contributed by atoms with Crippen molar-refractivity contribution >= 4 is 26.4 Å². The Morgan fingerprint density at radius 1 is 0.974 bits per heavy atom. The third kappa shape index (κ3) is 5.61. The summed E-state index contributed by atoms with van der Waals surface area (Å²) in [6, 6.07) is 22.8. The van der Waals surface area contributed by atoms with Gasteiger partial charge in [0.15, 0.2) is 9.84 Å². The van der Waals surface area contributed by atoms with Crippen molar-refractivity contribution in [3.63, 3.8) is 0 Å². The van der Waals surface area contributed by atoms with Crippen LogP contribution in [0.4, 0.5) is 5.69 Å². The molecule has 0 aliphatic carbocycles. The van der Waals surface area contributed by atoms with Gasteiger partial charge in [0, 0.05) is 60.5 Å². The molecule has 3 aromatic carbocycles. The molecule has 0 fully saturated rings. The van der Waals surface area contributed by atoms with Crippen molar-refractivity contribution in [2.75, 3.05) is 11.6 Å². The Kier molecular flexibility index (Phi) is 7.06. The Morgan fingerprint density at radius 2 is 1.74 bits per heavy atom. The fourth-order valence-corrected chi connectivity index (χ4v) is 5.19. The predicted molar refractivity (Wildman–Crippen MR) is 156 cm³/mol. The summed E-state index contributed by atoms with van der Waals surface area (Å²) in [7, 11) is -1.81. The van der Waals surface area contributed by atoms with Gasteiger partial charge in [-0.1, -0.05) is 44.2 Å². The van der Waals surface area contributed by atoms with Crippen LogP contribution in [-0.4, -0.2) is 24.2 Å². The zero-order chi connectivity index (χ0) is 27.7. The number of nitrogens with one attached hydrogen (secondary N) is 2. The molecule has 5 aromatic rings. The minimum Gasteiger partial charge on any atom is -0.457 e. The fraction of sp³-hybridized carbons (Fsp3) is 0.194. The standard InChI is InChI=1S/C31H31N3O4S/c1-20(2)22-10-8-21(9-11-22)18-33-23-6-5-7-24(16-23)38-29-13-12-25(39(4,36)37)17-27(29)28-19-34(3)31(35)30-26(28)14-15-32-30/h5-17,19-20,32-33H,18H2,1-4H3. The van der Waals surface area contributed by atoms with Crippen LogP contribution in [0.15, 0.2) is 94.9 Å². The van der Waals surface area contributed by atoms with Crippen LogP contribution in [-0.2, 0) is 23.4 Å². The highest BCUT2D eigenvalue weighted by Gasteiger charge is 2.18. The van der Waals surface area contributed by atoms with Gasteiger partial charge >= 0.3 is 0 Å². The van der Waals surface area contributed by atoms with Crippen LogP contribution in [0.1, 0.15) is 30.9 Å². The topological polar surface area (TPSA) is 93.2 Å². The van der Waals surface area contributed by atoms with E-state index in [2.05, 4.69) is 48.4 Å². The molecule has 0 aliphatic rings. The van der Waals surface area contributed by atoms with Gasteiger partial charge < -0.3 is 19.6 Å². The van der Waals surface area contributed by atoms with Crippen LogP contribution in [0.5, 0.6) is 11.5 Å². The minimum atomic E-state index is -3.47. The molecule has 0 spiro atoms. The molecular formula is C31H31N3O4S. The number of aryl methyl sites for hydroxylation is 1. The number of sulfone groups is 1. The van der Waals surface area contributed by atoms with Gasteiger partial charge in [0.05, 0.1) is 4.90 Å². The molecule has 8 heteroatoms. The lowest BCUT2D eigenvalue weighted by Gasteiger charge is -2.15. The van der Waals surface area contributed by atoms with Gasteiger partial charge in [0.25, 0.3) is 5.56 Å². The maximum Gasteiger partial charge on any atom is 0.274 e.